The van der Waals surface area contributed by atoms with Crippen LogP contribution in [0.3, 0.4) is 0 Å². The third-order valence-corrected chi connectivity index (χ3v) is 5.39. The van der Waals surface area contributed by atoms with Crippen molar-refractivity contribution in [1.82, 2.24) is 4.98 Å². The maximum atomic E-state index is 6.29. The van der Waals surface area contributed by atoms with Crippen LogP contribution >= 0.6 is 11.6 Å². The van der Waals surface area contributed by atoms with Crippen molar-refractivity contribution in [1.29, 1.82) is 0 Å². The topological polar surface area (TPSA) is 34.1 Å². The Morgan fingerprint density at radius 2 is 1.47 bits per heavy atom. The summed E-state index contributed by atoms with van der Waals surface area (Å²) in [5, 5.41) is 7.40. The minimum Gasteiger partial charge on any atom is -0.457 e. The summed E-state index contributed by atoms with van der Waals surface area (Å²) in [6.45, 7) is 2.05. The van der Waals surface area contributed by atoms with Gasteiger partial charge >= 0.3 is 0 Å². The number of benzene rings is 4. The summed E-state index contributed by atoms with van der Waals surface area (Å²) in [6, 6.07) is 30.1. The van der Waals surface area contributed by atoms with E-state index >= 15 is 0 Å². The molecule has 0 aliphatic rings. The molecular weight excluding hydrogens is 392 g/mol. The summed E-state index contributed by atoms with van der Waals surface area (Å²) >= 11 is 6.29. The van der Waals surface area contributed by atoms with Crippen molar-refractivity contribution >= 4 is 44.8 Å². The van der Waals surface area contributed by atoms with Crippen LogP contribution < -0.4 is 10.1 Å². The normalized spacial score (nSPS) is 11.0. The molecule has 3 nitrogen and oxygen atoms in total. The summed E-state index contributed by atoms with van der Waals surface area (Å²) in [5.41, 5.74) is 2.83. The highest BCUT2D eigenvalue weighted by Crippen LogP contribution is 2.30. The van der Waals surface area contributed by atoms with E-state index in [9.17, 15) is 0 Å². The average molecular weight is 411 g/mol. The summed E-state index contributed by atoms with van der Waals surface area (Å²) in [6.07, 6.45) is 0. The Balaban J connectivity index is 1.38. The molecule has 5 rings (SSSR count). The molecule has 5 aromatic rings. The van der Waals surface area contributed by atoms with E-state index in [4.69, 9.17) is 16.3 Å². The van der Waals surface area contributed by atoms with Crippen molar-refractivity contribution < 1.29 is 4.74 Å². The van der Waals surface area contributed by atoms with E-state index < -0.39 is 0 Å². The zero-order valence-corrected chi connectivity index (χ0v) is 17.1. The monoisotopic (exact) mass is 410 g/mol. The van der Waals surface area contributed by atoms with Gasteiger partial charge in [0.25, 0.3) is 0 Å². The number of ether oxygens (including phenoxy) is 1. The van der Waals surface area contributed by atoms with Gasteiger partial charge in [0, 0.05) is 11.1 Å². The third-order valence-electron chi connectivity index (χ3n) is 5.09. The van der Waals surface area contributed by atoms with Gasteiger partial charge in [-0.1, -0.05) is 54.1 Å². The standard InChI is InChI=1S/C26H19ClN2O/c1-17-15-21(30-22-11-9-18-5-2-3-6-20(18)16-22)12-13-24(17)28-25-14-10-19-7-4-8-23(27)26(19)29-25/h2-16H,1H3,(H,28,29). The van der Waals surface area contributed by atoms with Crippen LogP contribution in [0.2, 0.25) is 5.02 Å². The van der Waals surface area contributed by atoms with Gasteiger partial charge in [0.1, 0.15) is 17.3 Å². The number of halogens is 1. The van der Waals surface area contributed by atoms with Gasteiger partial charge in [-0.2, -0.15) is 0 Å². The molecule has 0 aliphatic heterocycles. The first-order valence-corrected chi connectivity index (χ1v) is 10.1. The van der Waals surface area contributed by atoms with E-state index in [0.29, 0.717) is 5.02 Å². The molecule has 0 fully saturated rings. The highest BCUT2D eigenvalue weighted by Gasteiger charge is 2.06. The number of pyridine rings is 1. The van der Waals surface area contributed by atoms with E-state index in [1.54, 1.807) is 0 Å². The molecule has 0 atom stereocenters. The van der Waals surface area contributed by atoms with Crippen LogP contribution in [-0.4, -0.2) is 4.98 Å². The Bertz CT molecular complexity index is 1380. The zero-order valence-electron chi connectivity index (χ0n) is 16.4. The maximum absolute atomic E-state index is 6.29. The molecule has 4 aromatic carbocycles. The Kier molecular flexibility index (Phi) is 4.74. The Hall–Kier alpha value is -3.56. The second-order valence-corrected chi connectivity index (χ2v) is 7.63. The fraction of sp³-hybridized carbons (Fsp3) is 0.0385. The third kappa shape index (κ3) is 3.68. The highest BCUT2D eigenvalue weighted by atomic mass is 35.5. The van der Waals surface area contributed by atoms with Crippen molar-refractivity contribution in [2.45, 2.75) is 6.92 Å². The molecule has 0 unspecified atom stereocenters. The van der Waals surface area contributed by atoms with E-state index in [1.165, 1.54) is 5.39 Å². The molecule has 1 aromatic heterocycles. The molecule has 0 radical (unpaired) electrons. The largest absolute Gasteiger partial charge is 0.457 e. The molecular formula is C26H19ClN2O. The van der Waals surface area contributed by atoms with E-state index in [2.05, 4.69) is 34.6 Å². The second kappa shape index (κ2) is 7.69. The minimum atomic E-state index is 0.645. The Labute approximate surface area is 179 Å². The van der Waals surface area contributed by atoms with Crippen LogP contribution in [-0.2, 0) is 0 Å². The number of aryl methyl sites for hydroxylation is 1. The molecule has 0 bridgehead atoms. The van der Waals surface area contributed by atoms with Gasteiger partial charge < -0.3 is 10.1 Å². The van der Waals surface area contributed by atoms with Gasteiger partial charge in [-0.3, -0.25) is 0 Å². The van der Waals surface area contributed by atoms with E-state index in [1.807, 2.05) is 73.7 Å². The van der Waals surface area contributed by atoms with Crippen LogP contribution in [0.25, 0.3) is 21.7 Å². The quantitative estimate of drug-likeness (QED) is 0.327. The smallest absolute Gasteiger partial charge is 0.131 e. The molecule has 0 saturated carbocycles. The first-order chi connectivity index (χ1) is 14.7. The molecule has 0 spiro atoms. The number of aromatic nitrogens is 1. The number of anilines is 2. The van der Waals surface area contributed by atoms with Gasteiger partial charge in [-0.15, -0.1) is 0 Å². The molecule has 0 amide bonds. The molecule has 0 saturated heterocycles. The van der Waals surface area contributed by atoms with Crippen molar-refractivity contribution in [3.8, 4) is 11.5 Å². The SMILES string of the molecule is Cc1cc(Oc2ccc3ccccc3c2)ccc1Nc1ccc2cccc(Cl)c2n1. The fourth-order valence-corrected chi connectivity index (χ4v) is 3.75. The fourth-order valence-electron chi connectivity index (χ4n) is 3.53. The van der Waals surface area contributed by atoms with Crippen LogP contribution in [0.1, 0.15) is 5.56 Å². The summed E-state index contributed by atoms with van der Waals surface area (Å²) in [4.78, 5) is 4.66. The summed E-state index contributed by atoms with van der Waals surface area (Å²) < 4.78 is 6.09. The van der Waals surface area contributed by atoms with Gasteiger partial charge in [-0.05, 0) is 71.8 Å². The predicted molar refractivity (Wildman–Crippen MR) is 125 cm³/mol. The van der Waals surface area contributed by atoms with Crippen LogP contribution in [0.4, 0.5) is 11.5 Å². The van der Waals surface area contributed by atoms with E-state index in [0.717, 1.165) is 44.9 Å². The molecule has 1 heterocycles. The number of rotatable bonds is 4. The van der Waals surface area contributed by atoms with Crippen LogP contribution in [0, 0.1) is 6.92 Å². The number of para-hydroxylation sites is 1. The molecule has 0 aliphatic carbocycles. The highest BCUT2D eigenvalue weighted by molar-refractivity contribution is 6.35. The zero-order chi connectivity index (χ0) is 20.5. The summed E-state index contributed by atoms with van der Waals surface area (Å²) in [7, 11) is 0. The number of nitrogens with zero attached hydrogens (tertiary/aromatic N) is 1. The van der Waals surface area contributed by atoms with Gasteiger partial charge in [-0.25, -0.2) is 4.98 Å². The minimum absolute atomic E-state index is 0.645. The average Bonchev–Trinajstić information content (AvgIpc) is 2.76. The van der Waals surface area contributed by atoms with Crippen LogP contribution in [0.5, 0.6) is 11.5 Å². The second-order valence-electron chi connectivity index (χ2n) is 7.22. The van der Waals surface area contributed by atoms with Gasteiger partial charge in [0.05, 0.1) is 10.5 Å². The number of fused-ring (bicyclic) bond motifs is 2. The number of nitrogens with one attached hydrogen (secondary N) is 1. The van der Waals surface area contributed by atoms with Crippen molar-refractivity contribution in [2.24, 2.45) is 0 Å². The van der Waals surface area contributed by atoms with E-state index in [-0.39, 0.29) is 0 Å². The first kappa shape index (κ1) is 18.5. The lowest BCUT2D eigenvalue weighted by Crippen LogP contribution is -1.96. The van der Waals surface area contributed by atoms with Gasteiger partial charge in [0.15, 0.2) is 0 Å². The Morgan fingerprint density at radius 3 is 2.33 bits per heavy atom. The summed E-state index contributed by atoms with van der Waals surface area (Å²) in [5.74, 6) is 2.37. The van der Waals surface area contributed by atoms with Crippen molar-refractivity contribution in [2.75, 3.05) is 5.32 Å². The predicted octanol–water partition coefficient (Wildman–Crippen LogP) is 7.89. The molecule has 4 heteroatoms. The lowest BCUT2D eigenvalue weighted by Gasteiger charge is -2.12. The Morgan fingerprint density at radius 1 is 0.733 bits per heavy atom. The maximum Gasteiger partial charge on any atom is 0.131 e. The van der Waals surface area contributed by atoms with Crippen molar-refractivity contribution in [3.05, 3.63) is 102 Å². The molecule has 1 N–H and O–H groups in total. The van der Waals surface area contributed by atoms with Gasteiger partial charge in [0.2, 0.25) is 0 Å². The van der Waals surface area contributed by atoms with Crippen LogP contribution in [0.15, 0.2) is 91.0 Å². The number of hydrogen-bond acceptors (Lipinski definition) is 3. The molecule has 30 heavy (non-hydrogen) atoms. The first-order valence-electron chi connectivity index (χ1n) is 9.75. The van der Waals surface area contributed by atoms with Crippen molar-refractivity contribution in [3.63, 3.8) is 0 Å². The lowest BCUT2D eigenvalue weighted by atomic mass is 10.1. The molecule has 146 valence electrons. The lowest BCUT2D eigenvalue weighted by molar-refractivity contribution is 0.483. The number of hydrogen-bond donors (Lipinski definition) is 1.